The van der Waals surface area contributed by atoms with Gasteiger partial charge in [-0.3, -0.25) is 4.79 Å². The molecule has 2 atom stereocenters. The van der Waals surface area contributed by atoms with Crippen LogP contribution in [0.25, 0.3) is 0 Å². The van der Waals surface area contributed by atoms with Crippen LogP contribution in [0.4, 0.5) is 0 Å². The molecule has 1 aromatic rings. The highest BCUT2D eigenvalue weighted by Crippen LogP contribution is 2.25. The number of methoxy groups -OCH3 is 1. The highest BCUT2D eigenvalue weighted by Gasteiger charge is 2.31. The molecular formula is C17H19ClN2O2. The van der Waals surface area contributed by atoms with E-state index in [4.69, 9.17) is 16.3 Å². The maximum atomic E-state index is 12.3. The standard InChI is InChI=1S/C17H19ClN2O2/c1-22-16-4-2-12(7-15(16)18)3-5-17(21)20-10-13-6-14(11-20)9-19-8-13/h2,4,7,13-14,19H,6,8-11H2,1H3/t13-,14+. The van der Waals surface area contributed by atoms with Crippen molar-refractivity contribution in [3.8, 4) is 17.6 Å². The number of likely N-dealkylation sites (tertiary alicyclic amines) is 1. The number of rotatable bonds is 1. The molecule has 0 spiro atoms. The van der Waals surface area contributed by atoms with Crippen molar-refractivity contribution < 1.29 is 9.53 Å². The average Bonchev–Trinajstić information content (AvgIpc) is 2.52. The van der Waals surface area contributed by atoms with Crippen molar-refractivity contribution in [1.82, 2.24) is 10.2 Å². The quantitative estimate of drug-likeness (QED) is 0.802. The summed E-state index contributed by atoms with van der Waals surface area (Å²) in [6.45, 7) is 3.62. The van der Waals surface area contributed by atoms with E-state index in [0.717, 1.165) is 31.7 Å². The number of hydrogen-bond acceptors (Lipinski definition) is 3. The minimum atomic E-state index is -0.0939. The van der Waals surface area contributed by atoms with Crippen molar-refractivity contribution >= 4 is 17.5 Å². The van der Waals surface area contributed by atoms with E-state index < -0.39 is 0 Å². The summed E-state index contributed by atoms with van der Waals surface area (Å²) in [7, 11) is 1.57. The van der Waals surface area contributed by atoms with E-state index in [1.54, 1.807) is 25.3 Å². The first-order valence-corrected chi connectivity index (χ1v) is 7.88. The molecule has 2 heterocycles. The van der Waals surface area contributed by atoms with Gasteiger partial charge in [-0.1, -0.05) is 17.5 Å². The Morgan fingerprint density at radius 1 is 1.36 bits per heavy atom. The predicted molar refractivity (Wildman–Crippen MR) is 85.9 cm³/mol. The smallest absolute Gasteiger partial charge is 0.298 e. The van der Waals surface area contributed by atoms with Crippen LogP contribution in [0.2, 0.25) is 5.02 Å². The van der Waals surface area contributed by atoms with Crippen molar-refractivity contribution in [1.29, 1.82) is 0 Å². The fraction of sp³-hybridized carbons (Fsp3) is 0.471. The van der Waals surface area contributed by atoms with Crippen molar-refractivity contribution in [2.75, 3.05) is 33.3 Å². The molecule has 5 heteroatoms. The Morgan fingerprint density at radius 2 is 2.09 bits per heavy atom. The molecule has 22 heavy (non-hydrogen) atoms. The largest absolute Gasteiger partial charge is 0.495 e. The SMILES string of the molecule is COc1ccc(C#CC(=O)N2C[C@@H]3CNC[C@@H](C3)C2)cc1Cl. The van der Waals surface area contributed by atoms with E-state index in [2.05, 4.69) is 17.2 Å². The van der Waals surface area contributed by atoms with Gasteiger partial charge in [0.25, 0.3) is 5.91 Å². The molecule has 0 unspecified atom stereocenters. The van der Waals surface area contributed by atoms with Crippen molar-refractivity contribution in [3.63, 3.8) is 0 Å². The van der Waals surface area contributed by atoms with Gasteiger partial charge in [-0.05, 0) is 49.5 Å². The zero-order valence-electron chi connectivity index (χ0n) is 12.6. The minimum absolute atomic E-state index is 0.0939. The Morgan fingerprint density at radius 3 is 2.73 bits per heavy atom. The second-order valence-electron chi connectivity index (χ2n) is 5.94. The van der Waals surface area contributed by atoms with E-state index in [9.17, 15) is 4.79 Å². The summed E-state index contributed by atoms with van der Waals surface area (Å²) in [5.74, 6) is 7.28. The molecule has 116 valence electrons. The van der Waals surface area contributed by atoms with Crippen molar-refractivity contribution in [2.24, 2.45) is 11.8 Å². The lowest BCUT2D eigenvalue weighted by Gasteiger charge is -2.40. The monoisotopic (exact) mass is 318 g/mol. The van der Waals surface area contributed by atoms with Crippen LogP contribution in [0.1, 0.15) is 12.0 Å². The van der Waals surface area contributed by atoms with Crippen molar-refractivity contribution in [2.45, 2.75) is 6.42 Å². The second kappa shape index (κ2) is 6.60. The Kier molecular flexibility index (Phi) is 4.56. The van der Waals surface area contributed by atoms with Crippen LogP contribution in [-0.2, 0) is 4.79 Å². The lowest BCUT2D eigenvalue weighted by molar-refractivity contribution is -0.128. The van der Waals surface area contributed by atoms with Gasteiger partial charge in [-0.15, -0.1) is 0 Å². The number of carbonyl (C=O) groups is 1. The molecule has 0 saturated carbocycles. The average molecular weight is 319 g/mol. The zero-order chi connectivity index (χ0) is 15.5. The number of amides is 1. The van der Waals surface area contributed by atoms with Gasteiger partial charge in [0, 0.05) is 24.6 Å². The maximum Gasteiger partial charge on any atom is 0.298 e. The Bertz CT molecular complexity index is 623. The molecule has 2 saturated heterocycles. The number of carbonyl (C=O) groups excluding carboxylic acids is 1. The molecule has 0 radical (unpaired) electrons. The molecule has 2 fully saturated rings. The van der Waals surface area contributed by atoms with E-state index in [-0.39, 0.29) is 5.91 Å². The Labute approximate surface area is 135 Å². The van der Waals surface area contributed by atoms with E-state index in [1.165, 1.54) is 6.42 Å². The van der Waals surface area contributed by atoms with Crippen LogP contribution in [0, 0.1) is 23.7 Å². The molecule has 1 amide bonds. The van der Waals surface area contributed by atoms with Crippen LogP contribution in [0.3, 0.4) is 0 Å². The van der Waals surface area contributed by atoms with Gasteiger partial charge in [0.05, 0.1) is 12.1 Å². The first-order chi connectivity index (χ1) is 10.7. The number of ether oxygens (including phenoxy) is 1. The molecule has 3 rings (SSSR count). The van der Waals surface area contributed by atoms with Gasteiger partial charge in [0.15, 0.2) is 0 Å². The van der Waals surface area contributed by atoms with Crippen LogP contribution in [0.15, 0.2) is 18.2 Å². The van der Waals surface area contributed by atoms with E-state index in [1.807, 2.05) is 4.90 Å². The molecule has 1 aromatic carbocycles. The first-order valence-electron chi connectivity index (χ1n) is 7.51. The zero-order valence-corrected chi connectivity index (χ0v) is 13.3. The minimum Gasteiger partial charge on any atom is -0.495 e. The van der Waals surface area contributed by atoms with Gasteiger partial charge in [-0.2, -0.15) is 0 Å². The normalized spacial score (nSPS) is 23.5. The summed E-state index contributed by atoms with van der Waals surface area (Å²) in [6, 6.07) is 5.28. The number of hydrogen-bond donors (Lipinski definition) is 1. The number of nitrogens with zero attached hydrogens (tertiary/aromatic N) is 1. The highest BCUT2D eigenvalue weighted by molar-refractivity contribution is 6.32. The predicted octanol–water partition coefficient (Wildman–Crippen LogP) is 1.77. The number of piperidine rings is 2. The summed E-state index contributed by atoms with van der Waals surface area (Å²) in [5, 5.41) is 3.92. The third-order valence-electron chi connectivity index (χ3n) is 4.24. The van der Waals surface area contributed by atoms with Gasteiger partial charge in [-0.25, -0.2) is 0 Å². The van der Waals surface area contributed by atoms with Crippen molar-refractivity contribution in [3.05, 3.63) is 28.8 Å². The molecule has 0 aromatic heterocycles. The Balaban J connectivity index is 1.68. The molecule has 4 nitrogen and oxygen atoms in total. The van der Waals surface area contributed by atoms with E-state index in [0.29, 0.717) is 22.6 Å². The lowest BCUT2D eigenvalue weighted by atomic mass is 9.86. The van der Waals surface area contributed by atoms with Gasteiger partial charge < -0.3 is 15.0 Å². The highest BCUT2D eigenvalue weighted by atomic mass is 35.5. The second-order valence-corrected chi connectivity index (χ2v) is 6.34. The maximum absolute atomic E-state index is 12.3. The lowest BCUT2D eigenvalue weighted by Crippen LogP contribution is -2.52. The van der Waals surface area contributed by atoms with Gasteiger partial charge in [0.2, 0.25) is 0 Å². The third-order valence-corrected chi connectivity index (χ3v) is 4.54. The fourth-order valence-corrected chi connectivity index (χ4v) is 3.48. The molecule has 2 aliphatic heterocycles. The summed E-state index contributed by atoms with van der Waals surface area (Å²) >= 11 is 6.06. The van der Waals surface area contributed by atoms with Crippen LogP contribution in [-0.4, -0.2) is 44.1 Å². The van der Waals surface area contributed by atoms with Crippen LogP contribution >= 0.6 is 11.6 Å². The Hall–Kier alpha value is -1.70. The van der Waals surface area contributed by atoms with Crippen LogP contribution < -0.4 is 10.1 Å². The van der Waals surface area contributed by atoms with Crippen LogP contribution in [0.5, 0.6) is 5.75 Å². The number of fused-ring (bicyclic) bond motifs is 2. The molecule has 0 aliphatic carbocycles. The van der Waals surface area contributed by atoms with Gasteiger partial charge in [0.1, 0.15) is 5.75 Å². The molecule has 1 N–H and O–H groups in total. The summed E-state index contributed by atoms with van der Waals surface area (Å²) < 4.78 is 5.10. The summed E-state index contributed by atoms with van der Waals surface area (Å²) in [6.07, 6.45) is 1.22. The van der Waals surface area contributed by atoms with Gasteiger partial charge >= 0.3 is 0 Å². The first kappa shape index (κ1) is 15.2. The molecule has 2 bridgehead atoms. The summed E-state index contributed by atoms with van der Waals surface area (Å²) in [5.41, 5.74) is 0.720. The van der Waals surface area contributed by atoms with E-state index >= 15 is 0 Å². The molecular weight excluding hydrogens is 300 g/mol. The number of nitrogens with one attached hydrogen (secondary N) is 1. The topological polar surface area (TPSA) is 41.6 Å². The third kappa shape index (κ3) is 3.37. The number of benzene rings is 1. The number of halogens is 1. The summed E-state index contributed by atoms with van der Waals surface area (Å²) in [4.78, 5) is 14.2. The molecule has 2 aliphatic rings. The fourth-order valence-electron chi connectivity index (χ4n) is 3.22.